The van der Waals surface area contributed by atoms with Gasteiger partial charge in [0.2, 0.25) is 0 Å². The van der Waals surface area contributed by atoms with Gasteiger partial charge in [-0.3, -0.25) is 9.59 Å². The summed E-state index contributed by atoms with van der Waals surface area (Å²) in [5.41, 5.74) is 1.20. The molecule has 0 bridgehead atoms. The number of carbonyl (C=O) groups excluding carboxylic acids is 2. The zero-order valence-corrected chi connectivity index (χ0v) is 10.1. The second-order valence-corrected chi connectivity index (χ2v) is 4.05. The van der Waals surface area contributed by atoms with E-state index in [4.69, 9.17) is 11.6 Å². The van der Waals surface area contributed by atoms with E-state index in [2.05, 4.69) is 5.32 Å². The van der Waals surface area contributed by atoms with Gasteiger partial charge in [0.25, 0.3) is 5.91 Å². The van der Waals surface area contributed by atoms with Gasteiger partial charge in [-0.1, -0.05) is 35.9 Å². The van der Waals surface area contributed by atoms with Crippen molar-refractivity contribution in [2.45, 2.75) is 0 Å². The molecule has 0 heterocycles. The Hall–Kier alpha value is -2.13. The van der Waals surface area contributed by atoms with E-state index in [0.717, 1.165) is 0 Å². The maximum Gasteiger partial charge on any atom is 0.255 e. The summed E-state index contributed by atoms with van der Waals surface area (Å²) in [5.74, 6) is -0.299. The minimum Gasteiger partial charge on any atom is -0.320 e. The maximum atomic E-state index is 11.9. The highest BCUT2D eigenvalue weighted by Crippen LogP contribution is 2.25. The van der Waals surface area contributed by atoms with Crippen LogP contribution >= 0.6 is 11.6 Å². The smallest absolute Gasteiger partial charge is 0.255 e. The van der Waals surface area contributed by atoms with E-state index in [1.165, 1.54) is 0 Å². The molecule has 0 aliphatic rings. The number of anilines is 1. The third kappa shape index (κ3) is 2.57. The molecule has 0 saturated heterocycles. The molecule has 2 aromatic carbocycles. The second kappa shape index (κ2) is 5.47. The molecule has 0 radical (unpaired) electrons. The van der Waals surface area contributed by atoms with E-state index >= 15 is 0 Å². The molecule has 0 fully saturated rings. The molecule has 90 valence electrons. The lowest BCUT2D eigenvalue weighted by Crippen LogP contribution is -2.13. The molecule has 0 aromatic heterocycles. The van der Waals surface area contributed by atoms with Crippen molar-refractivity contribution < 1.29 is 9.59 Å². The number of benzene rings is 2. The van der Waals surface area contributed by atoms with Crippen molar-refractivity contribution in [2.24, 2.45) is 0 Å². The molecule has 2 rings (SSSR count). The van der Waals surface area contributed by atoms with E-state index in [-0.39, 0.29) is 5.91 Å². The number of para-hydroxylation sites is 1. The quantitative estimate of drug-likeness (QED) is 0.859. The molecule has 0 saturated carbocycles. The molecule has 0 aliphatic carbocycles. The molecule has 0 aliphatic heterocycles. The molecule has 1 N–H and O–H groups in total. The SMILES string of the molecule is O=Cc1cccc(Cl)c1NC(=O)c1ccccc1. The van der Waals surface area contributed by atoms with Crippen LogP contribution in [0.4, 0.5) is 5.69 Å². The first-order valence-electron chi connectivity index (χ1n) is 5.32. The van der Waals surface area contributed by atoms with E-state index in [1.54, 1.807) is 42.5 Å². The number of hydrogen-bond donors (Lipinski definition) is 1. The average Bonchev–Trinajstić information content (AvgIpc) is 2.42. The molecular weight excluding hydrogens is 250 g/mol. The second-order valence-electron chi connectivity index (χ2n) is 3.64. The minimum absolute atomic E-state index is 0.299. The lowest BCUT2D eigenvalue weighted by molar-refractivity contribution is 0.102. The Balaban J connectivity index is 2.30. The number of hydrogen-bond acceptors (Lipinski definition) is 2. The lowest BCUT2D eigenvalue weighted by Gasteiger charge is -2.09. The molecule has 18 heavy (non-hydrogen) atoms. The van der Waals surface area contributed by atoms with Crippen molar-refractivity contribution in [3.8, 4) is 0 Å². The van der Waals surface area contributed by atoms with Gasteiger partial charge in [-0.05, 0) is 24.3 Å². The van der Waals surface area contributed by atoms with Crippen LogP contribution in [0.3, 0.4) is 0 Å². The summed E-state index contributed by atoms with van der Waals surface area (Å²) in [4.78, 5) is 22.8. The van der Waals surface area contributed by atoms with Crippen molar-refractivity contribution >= 4 is 29.5 Å². The van der Waals surface area contributed by atoms with Gasteiger partial charge in [0.15, 0.2) is 6.29 Å². The zero-order valence-electron chi connectivity index (χ0n) is 9.39. The third-order valence-electron chi connectivity index (χ3n) is 2.45. The van der Waals surface area contributed by atoms with Gasteiger partial charge < -0.3 is 5.32 Å². The normalized spacial score (nSPS) is 9.83. The summed E-state index contributed by atoms with van der Waals surface area (Å²) in [7, 11) is 0. The predicted octanol–water partition coefficient (Wildman–Crippen LogP) is 3.40. The molecule has 4 heteroatoms. The van der Waals surface area contributed by atoms with E-state index in [0.29, 0.717) is 28.1 Å². The number of nitrogens with one attached hydrogen (secondary N) is 1. The number of amides is 1. The number of carbonyl (C=O) groups is 2. The number of rotatable bonds is 3. The number of aldehydes is 1. The molecule has 2 aromatic rings. The van der Waals surface area contributed by atoms with Crippen LogP contribution in [0.1, 0.15) is 20.7 Å². The summed E-state index contributed by atoms with van der Waals surface area (Å²) < 4.78 is 0. The molecule has 0 unspecified atom stereocenters. The van der Waals surface area contributed by atoms with Crippen LogP contribution in [-0.4, -0.2) is 12.2 Å². The number of halogens is 1. The van der Waals surface area contributed by atoms with Gasteiger partial charge >= 0.3 is 0 Å². The highest BCUT2D eigenvalue weighted by molar-refractivity contribution is 6.34. The van der Waals surface area contributed by atoms with Gasteiger partial charge in [0, 0.05) is 11.1 Å². The first-order valence-corrected chi connectivity index (χ1v) is 5.70. The fraction of sp³-hybridized carbons (Fsp3) is 0. The summed E-state index contributed by atoms with van der Waals surface area (Å²) >= 11 is 5.97. The predicted molar refractivity (Wildman–Crippen MR) is 71.2 cm³/mol. The highest BCUT2D eigenvalue weighted by Gasteiger charge is 2.11. The Morgan fingerprint density at radius 2 is 1.78 bits per heavy atom. The Kier molecular flexibility index (Phi) is 3.75. The highest BCUT2D eigenvalue weighted by atomic mass is 35.5. The van der Waals surface area contributed by atoms with E-state index < -0.39 is 0 Å². The van der Waals surface area contributed by atoms with Gasteiger partial charge in [-0.15, -0.1) is 0 Å². The van der Waals surface area contributed by atoms with Crippen molar-refractivity contribution in [3.63, 3.8) is 0 Å². The van der Waals surface area contributed by atoms with Crippen LogP contribution < -0.4 is 5.32 Å². The Morgan fingerprint density at radius 1 is 1.06 bits per heavy atom. The minimum atomic E-state index is -0.299. The zero-order chi connectivity index (χ0) is 13.0. The first-order chi connectivity index (χ1) is 8.72. The monoisotopic (exact) mass is 259 g/mol. The molecule has 0 atom stereocenters. The summed E-state index contributed by atoms with van der Waals surface area (Å²) in [6.07, 6.45) is 0.659. The van der Waals surface area contributed by atoms with Crippen molar-refractivity contribution in [1.29, 1.82) is 0 Å². The molecule has 1 amide bonds. The van der Waals surface area contributed by atoms with Crippen molar-refractivity contribution in [1.82, 2.24) is 0 Å². The van der Waals surface area contributed by atoms with Crippen LogP contribution in [0.15, 0.2) is 48.5 Å². The molecule has 0 spiro atoms. The van der Waals surface area contributed by atoms with Crippen LogP contribution in [-0.2, 0) is 0 Å². The Bertz CT molecular complexity index is 582. The molecule has 3 nitrogen and oxygen atoms in total. The first kappa shape index (κ1) is 12.3. The van der Waals surface area contributed by atoms with E-state index in [1.807, 2.05) is 6.07 Å². The van der Waals surface area contributed by atoms with Gasteiger partial charge in [-0.25, -0.2) is 0 Å². The third-order valence-corrected chi connectivity index (χ3v) is 2.76. The fourth-order valence-electron chi connectivity index (χ4n) is 1.55. The van der Waals surface area contributed by atoms with Gasteiger partial charge in [0.1, 0.15) is 0 Å². The van der Waals surface area contributed by atoms with Crippen LogP contribution in [0, 0.1) is 0 Å². The Morgan fingerprint density at radius 3 is 2.44 bits per heavy atom. The largest absolute Gasteiger partial charge is 0.320 e. The van der Waals surface area contributed by atoms with Crippen LogP contribution in [0.25, 0.3) is 0 Å². The molecular formula is C14H10ClNO2. The average molecular weight is 260 g/mol. The fourth-order valence-corrected chi connectivity index (χ4v) is 1.78. The summed E-state index contributed by atoms with van der Waals surface area (Å²) in [5, 5.41) is 2.98. The van der Waals surface area contributed by atoms with Gasteiger partial charge in [0.05, 0.1) is 10.7 Å². The summed E-state index contributed by atoms with van der Waals surface area (Å²) in [6.45, 7) is 0. The van der Waals surface area contributed by atoms with Crippen LogP contribution in [0.2, 0.25) is 5.02 Å². The van der Waals surface area contributed by atoms with Crippen molar-refractivity contribution in [2.75, 3.05) is 5.32 Å². The maximum absolute atomic E-state index is 11.9. The van der Waals surface area contributed by atoms with Crippen molar-refractivity contribution in [3.05, 3.63) is 64.7 Å². The van der Waals surface area contributed by atoms with Crippen LogP contribution in [0.5, 0.6) is 0 Å². The van der Waals surface area contributed by atoms with E-state index in [9.17, 15) is 9.59 Å². The summed E-state index contributed by atoms with van der Waals surface area (Å²) in [6, 6.07) is 13.6. The lowest BCUT2D eigenvalue weighted by atomic mass is 10.1. The topological polar surface area (TPSA) is 46.2 Å². The standard InChI is InChI=1S/C14H10ClNO2/c15-12-8-4-7-11(9-17)13(12)16-14(18)10-5-2-1-3-6-10/h1-9H,(H,16,18). The Labute approximate surface area is 109 Å². The van der Waals surface area contributed by atoms with Gasteiger partial charge in [-0.2, -0.15) is 0 Å².